The Labute approximate surface area is 90.8 Å². The van der Waals surface area contributed by atoms with Gasteiger partial charge in [0.2, 0.25) is 0 Å². The van der Waals surface area contributed by atoms with E-state index < -0.39 is 0 Å². The predicted octanol–water partition coefficient (Wildman–Crippen LogP) is 1.79. The number of hydrogen-bond acceptors (Lipinski definition) is 2. The van der Waals surface area contributed by atoms with Crippen LogP contribution in [0.4, 0.5) is 0 Å². The quantitative estimate of drug-likeness (QED) is 0.690. The Morgan fingerprint density at radius 2 is 1.33 bits per heavy atom. The Balaban J connectivity index is 2.44. The molecule has 0 N–H and O–H groups in total. The molecule has 1 heterocycles. The molecule has 1 aromatic carbocycles. The highest BCUT2D eigenvalue weighted by Gasteiger charge is 2.29. The van der Waals surface area contributed by atoms with E-state index in [1.54, 1.807) is 14.2 Å². The molecule has 0 aromatic heterocycles. The van der Waals surface area contributed by atoms with Gasteiger partial charge in [-0.05, 0) is 12.1 Å². The summed E-state index contributed by atoms with van der Waals surface area (Å²) in [5.74, 6) is 1.66. The Morgan fingerprint density at radius 1 is 0.933 bits per heavy atom. The first-order chi connectivity index (χ1) is 7.05. The highest BCUT2D eigenvalue weighted by Crippen LogP contribution is 2.36. The summed E-state index contributed by atoms with van der Waals surface area (Å²) >= 11 is 0. The summed E-state index contributed by atoms with van der Waals surface area (Å²) < 4.78 is 11.6. The summed E-state index contributed by atoms with van der Waals surface area (Å²) in [6.07, 6.45) is 0. The lowest BCUT2D eigenvalue weighted by molar-refractivity contribution is -0.910. The van der Waals surface area contributed by atoms with Gasteiger partial charge in [-0.1, -0.05) is 0 Å². The van der Waals surface area contributed by atoms with Crippen LogP contribution < -0.4 is 9.47 Å². The van der Waals surface area contributed by atoms with E-state index >= 15 is 0 Å². The van der Waals surface area contributed by atoms with Gasteiger partial charge < -0.3 is 14.0 Å². The van der Waals surface area contributed by atoms with Crippen LogP contribution in [0.2, 0.25) is 0 Å². The number of rotatable bonds is 2. The summed E-state index contributed by atoms with van der Waals surface area (Å²) in [6, 6.07) is 4.20. The van der Waals surface area contributed by atoms with Crippen LogP contribution >= 0.6 is 0 Å². The van der Waals surface area contributed by atoms with Crippen molar-refractivity contribution in [2.45, 2.75) is 13.1 Å². The first-order valence-corrected chi connectivity index (χ1v) is 5.11. The van der Waals surface area contributed by atoms with Gasteiger partial charge in [-0.15, -0.1) is 0 Å². The van der Waals surface area contributed by atoms with Crippen molar-refractivity contribution in [1.29, 1.82) is 0 Å². The maximum absolute atomic E-state index is 5.30. The molecular formula is C12H18NO2+. The maximum Gasteiger partial charge on any atom is 0.161 e. The lowest BCUT2D eigenvalue weighted by atomic mass is 10.1. The number of ether oxygens (including phenoxy) is 2. The zero-order valence-electron chi connectivity index (χ0n) is 9.83. The van der Waals surface area contributed by atoms with Crippen LogP contribution in [0, 0.1) is 0 Å². The number of nitrogens with zero attached hydrogens (tertiary/aromatic N) is 1. The van der Waals surface area contributed by atoms with E-state index in [2.05, 4.69) is 26.2 Å². The Morgan fingerprint density at radius 3 is 1.67 bits per heavy atom. The molecule has 2 rings (SSSR count). The molecule has 0 aliphatic carbocycles. The van der Waals surface area contributed by atoms with Gasteiger partial charge >= 0.3 is 0 Å². The lowest BCUT2D eigenvalue weighted by Crippen LogP contribution is -2.32. The van der Waals surface area contributed by atoms with Crippen LogP contribution in [-0.2, 0) is 13.1 Å². The Hall–Kier alpha value is -1.22. The van der Waals surface area contributed by atoms with Crippen molar-refractivity contribution in [2.75, 3.05) is 28.3 Å². The number of quaternary nitrogens is 1. The van der Waals surface area contributed by atoms with Crippen LogP contribution in [0.5, 0.6) is 11.5 Å². The van der Waals surface area contributed by atoms with Crippen molar-refractivity contribution in [2.24, 2.45) is 0 Å². The number of hydrogen-bond donors (Lipinski definition) is 0. The van der Waals surface area contributed by atoms with E-state index in [4.69, 9.17) is 9.47 Å². The molecular weight excluding hydrogens is 190 g/mol. The third-order valence-electron chi connectivity index (χ3n) is 2.90. The first kappa shape index (κ1) is 10.3. The molecule has 0 unspecified atom stereocenters. The largest absolute Gasteiger partial charge is 0.493 e. The summed E-state index contributed by atoms with van der Waals surface area (Å²) in [4.78, 5) is 0. The third-order valence-corrected chi connectivity index (χ3v) is 2.90. The van der Waals surface area contributed by atoms with Crippen molar-refractivity contribution < 1.29 is 14.0 Å². The molecule has 0 bridgehead atoms. The molecule has 3 heteroatoms. The zero-order chi connectivity index (χ0) is 11.1. The molecule has 15 heavy (non-hydrogen) atoms. The van der Waals surface area contributed by atoms with Crippen molar-refractivity contribution >= 4 is 0 Å². The van der Waals surface area contributed by atoms with Crippen molar-refractivity contribution in [3.05, 3.63) is 23.3 Å². The number of benzene rings is 1. The standard InChI is InChI=1S/C12H18NO2/c1-13(2)7-9-5-11(14-3)12(15-4)6-10(9)8-13/h5-6H,7-8H2,1-4H3/q+1. The molecule has 0 atom stereocenters. The average molecular weight is 208 g/mol. The van der Waals surface area contributed by atoms with E-state index in [0.717, 1.165) is 29.1 Å². The molecule has 0 radical (unpaired) electrons. The van der Waals surface area contributed by atoms with E-state index in [-0.39, 0.29) is 0 Å². The van der Waals surface area contributed by atoms with Crippen LogP contribution in [0.15, 0.2) is 12.1 Å². The van der Waals surface area contributed by atoms with Gasteiger partial charge in [0.05, 0.1) is 28.3 Å². The molecule has 1 aromatic rings. The smallest absolute Gasteiger partial charge is 0.161 e. The highest BCUT2D eigenvalue weighted by molar-refractivity contribution is 5.47. The molecule has 0 spiro atoms. The van der Waals surface area contributed by atoms with Gasteiger partial charge in [-0.2, -0.15) is 0 Å². The summed E-state index contributed by atoms with van der Waals surface area (Å²) in [6.45, 7) is 2.13. The molecule has 0 saturated carbocycles. The van der Waals surface area contributed by atoms with Gasteiger partial charge in [-0.25, -0.2) is 0 Å². The van der Waals surface area contributed by atoms with Crippen LogP contribution in [0.25, 0.3) is 0 Å². The van der Waals surface area contributed by atoms with E-state index in [0.29, 0.717) is 0 Å². The topological polar surface area (TPSA) is 18.5 Å². The first-order valence-electron chi connectivity index (χ1n) is 5.11. The normalized spacial score (nSPS) is 17.3. The number of fused-ring (bicyclic) bond motifs is 1. The Kier molecular flexibility index (Phi) is 2.35. The minimum absolute atomic E-state index is 0.832. The zero-order valence-corrected chi connectivity index (χ0v) is 9.83. The molecule has 3 nitrogen and oxygen atoms in total. The van der Waals surface area contributed by atoms with Gasteiger partial charge in [0, 0.05) is 11.1 Å². The van der Waals surface area contributed by atoms with Crippen molar-refractivity contribution in [3.63, 3.8) is 0 Å². The Bertz CT molecular complexity index is 350. The minimum atomic E-state index is 0.832. The third kappa shape index (κ3) is 1.79. The number of methoxy groups -OCH3 is 2. The van der Waals surface area contributed by atoms with Crippen LogP contribution in [0.1, 0.15) is 11.1 Å². The van der Waals surface area contributed by atoms with E-state index in [9.17, 15) is 0 Å². The van der Waals surface area contributed by atoms with Crippen molar-refractivity contribution in [3.8, 4) is 11.5 Å². The second-order valence-corrected chi connectivity index (χ2v) is 4.73. The van der Waals surface area contributed by atoms with Crippen LogP contribution in [0.3, 0.4) is 0 Å². The average Bonchev–Trinajstić information content (AvgIpc) is 2.48. The molecule has 1 aliphatic rings. The molecule has 1 aliphatic heterocycles. The summed E-state index contributed by atoms with van der Waals surface area (Å²) in [5.41, 5.74) is 2.75. The predicted molar refractivity (Wildman–Crippen MR) is 59.1 cm³/mol. The van der Waals surface area contributed by atoms with E-state index in [1.807, 2.05) is 0 Å². The fraction of sp³-hybridized carbons (Fsp3) is 0.500. The molecule has 0 fully saturated rings. The minimum Gasteiger partial charge on any atom is -0.493 e. The fourth-order valence-corrected chi connectivity index (χ4v) is 2.24. The molecule has 0 amide bonds. The maximum atomic E-state index is 5.30. The van der Waals surface area contributed by atoms with E-state index in [1.165, 1.54) is 11.1 Å². The fourth-order valence-electron chi connectivity index (χ4n) is 2.24. The summed E-state index contributed by atoms with van der Waals surface area (Å²) in [5, 5.41) is 0. The lowest BCUT2D eigenvalue weighted by Gasteiger charge is -2.22. The SMILES string of the molecule is COc1cc2c(cc1OC)C[N+](C)(C)C2. The molecule has 82 valence electrons. The second-order valence-electron chi connectivity index (χ2n) is 4.73. The van der Waals surface area contributed by atoms with Gasteiger partial charge in [0.15, 0.2) is 11.5 Å². The van der Waals surface area contributed by atoms with Crippen molar-refractivity contribution in [1.82, 2.24) is 0 Å². The van der Waals surface area contributed by atoms with Crippen LogP contribution in [-0.4, -0.2) is 32.8 Å². The van der Waals surface area contributed by atoms with Gasteiger partial charge in [-0.3, -0.25) is 0 Å². The highest BCUT2D eigenvalue weighted by atomic mass is 16.5. The monoisotopic (exact) mass is 208 g/mol. The summed E-state index contributed by atoms with van der Waals surface area (Å²) in [7, 11) is 7.83. The van der Waals surface area contributed by atoms with Gasteiger partial charge in [0.25, 0.3) is 0 Å². The van der Waals surface area contributed by atoms with Gasteiger partial charge in [0.1, 0.15) is 13.1 Å². The molecule has 0 saturated heterocycles. The second kappa shape index (κ2) is 3.42.